The molecule has 2 aliphatic rings. The van der Waals surface area contributed by atoms with Crippen molar-refractivity contribution >= 4 is 0 Å². The Bertz CT molecular complexity index is 199. The molecule has 0 spiro atoms. The second-order valence-corrected chi connectivity index (χ2v) is 5.95. The van der Waals surface area contributed by atoms with Crippen molar-refractivity contribution in [2.24, 2.45) is 11.3 Å². The summed E-state index contributed by atoms with van der Waals surface area (Å²) in [4.78, 5) is 2.64. The van der Waals surface area contributed by atoms with E-state index in [-0.39, 0.29) is 0 Å². The fourth-order valence-electron chi connectivity index (χ4n) is 4.09. The minimum absolute atomic E-state index is 0.709. The summed E-state index contributed by atoms with van der Waals surface area (Å²) in [6.45, 7) is 6.11. The van der Waals surface area contributed by atoms with Gasteiger partial charge in [0.25, 0.3) is 0 Å². The second-order valence-electron chi connectivity index (χ2n) is 5.95. The number of hydrogen-bond acceptors (Lipinski definition) is 1. The van der Waals surface area contributed by atoms with Crippen LogP contribution >= 0.6 is 0 Å². The van der Waals surface area contributed by atoms with Crippen LogP contribution in [0.3, 0.4) is 0 Å². The normalized spacial score (nSPS) is 39.0. The molecule has 0 radical (unpaired) electrons. The highest BCUT2D eigenvalue weighted by Crippen LogP contribution is 2.50. The molecule has 1 heteroatoms. The Hall–Kier alpha value is -0.0400. The Labute approximate surface area is 88.9 Å². The third-order valence-electron chi connectivity index (χ3n) is 4.39. The molecule has 2 unspecified atom stereocenters. The Morgan fingerprint density at radius 2 is 2.00 bits per heavy atom. The molecule has 0 amide bonds. The number of likely N-dealkylation sites (tertiary alicyclic amines) is 1. The highest BCUT2D eigenvalue weighted by molar-refractivity contribution is 4.99. The molecule has 2 fully saturated rings. The number of nitrogens with zero attached hydrogens (tertiary/aromatic N) is 1. The summed E-state index contributed by atoms with van der Waals surface area (Å²) >= 11 is 0. The van der Waals surface area contributed by atoms with Gasteiger partial charge >= 0.3 is 0 Å². The summed E-state index contributed by atoms with van der Waals surface area (Å²) in [6, 6.07) is 0.915. The monoisotopic (exact) mass is 195 g/mol. The maximum Gasteiger partial charge on any atom is 0.0149 e. The molecule has 0 bridgehead atoms. The van der Waals surface area contributed by atoms with Gasteiger partial charge in [0.15, 0.2) is 0 Å². The molecule has 2 rings (SSSR count). The number of hydrogen-bond donors (Lipinski definition) is 0. The first kappa shape index (κ1) is 10.5. The summed E-state index contributed by atoms with van der Waals surface area (Å²) in [5.74, 6) is 0.877. The Balaban J connectivity index is 2.12. The lowest BCUT2D eigenvalue weighted by Crippen LogP contribution is -2.47. The molecule has 14 heavy (non-hydrogen) atoms. The van der Waals surface area contributed by atoms with Crippen molar-refractivity contribution in [3.8, 4) is 0 Å². The first-order chi connectivity index (χ1) is 6.64. The van der Waals surface area contributed by atoms with Gasteiger partial charge in [-0.3, -0.25) is 0 Å². The minimum atomic E-state index is 0.709. The standard InChI is InChI=1S/C13H25N/c1-11(2)10-13-7-4-6-12(13)14(3)9-5-8-13/h11-12H,4-10H2,1-3H3. The molecule has 1 nitrogen and oxygen atoms in total. The van der Waals surface area contributed by atoms with Crippen LogP contribution in [0.15, 0.2) is 0 Å². The zero-order valence-corrected chi connectivity index (χ0v) is 10.1. The predicted octanol–water partition coefficient (Wildman–Crippen LogP) is 3.30. The van der Waals surface area contributed by atoms with Crippen LogP contribution in [0.4, 0.5) is 0 Å². The highest BCUT2D eigenvalue weighted by atomic mass is 15.2. The topological polar surface area (TPSA) is 3.24 Å². The van der Waals surface area contributed by atoms with Crippen molar-refractivity contribution in [1.82, 2.24) is 4.90 Å². The van der Waals surface area contributed by atoms with Gasteiger partial charge in [0.2, 0.25) is 0 Å². The summed E-state index contributed by atoms with van der Waals surface area (Å²) in [6.07, 6.45) is 8.83. The van der Waals surface area contributed by atoms with E-state index in [9.17, 15) is 0 Å². The Kier molecular flexibility index (Phi) is 2.88. The van der Waals surface area contributed by atoms with Gasteiger partial charge in [-0.05, 0) is 57.0 Å². The Morgan fingerprint density at radius 3 is 2.71 bits per heavy atom. The van der Waals surface area contributed by atoms with Gasteiger partial charge in [0.05, 0.1) is 0 Å². The molecular formula is C13H25N. The van der Waals surface area contributed by atoms with Crippen molar-refractivity contribution in [1.29, 1.82) is 0 Å². The average molecular weight is 195 g/mol. The molecular weight excluding hydrogens is 170 g/mol. The molecule has 0 N–H and O–H groups in total. The quantitative estimate of drug-likeness (QED) is 0.653. The lowest BCUT2D eigenvalue weighted by molar-refractivity contribution is 0.0386. The van der Waals surface area contributed by atoms with Crippen LogP contribution in [0, 0.1) is 11.3 Å². The van der Waals surface area contributed by atoms with E-state index in [0.717, 1.165) is 12.0 Å². The minimum Gasteiger partial charge on any atom is -0.303 e. The lowest BCUT2D eigenvalue weighted by atomic mass is 9.70. The highest BCUT2D eigenvalue weighted by Gasteiger charge is 2.46. The Morgan fingerprint density at radius 1 is 1.29 bits per heavy atom. The molecule has 1 saturated carbocycles. The molecule has 1 aliphatic heterocycles. The third kappa shape index (κ3) is 1.71. The maximum absolute atomic E-state index is 2.64. The number of piperidine rings is 1. The molecule has 82 valence electrons. The smallest absolute Gasteiger partial charge is 0.0149 e. The predicted molar refractivity (Wildman–Crippen MR) is 61.4 cm³/mol. The van der Waals surface area contributed by atoms with E-state index in [2.05, 4.69) is 25.8 Å². The van der Waals surface area contributed by atoms with Crippen LogP contribution in [0.25, 0.3) is 0 Å². The van der Waals surface area contributed by atoms with Crippen LogP contribution in [-0.4, -0.2) is 24.5 Å². The SMILES string of the molecule is CC(C)CC12CCCC1N(C)CCC2. The summed E-state index contributed by atoms with van der Waals surface area (Å²) in [7, 11) is 2.34. The molecule has 2 atom stereocenters. The van der Waals surface area contributed by atoms with Crippen molar-refractivity contribution in [2.45, 2.75) is 58.4 Å². The molecule has 0 aromatic rings. The zero-order valence-electron chi connectivity index (χ0n) is 10.1. The van der Waals surface area contributed by atoms with Gasteiger partial charge in [-0.2, -0.15) is 0 Å². The van der Waals surface area contributed by atoms with Crippen molar-refractivity contribution in [2.75, 3.05) is 13.6 Å². The lowest BCUT2D eigenvalue weighted by Gasteiger charge is -2.46. The van der Waals surface area contributed by atoms with E-state index in [4.69, 9.17) is 0 Å². The van der Waals surface area contributed by atoms with E-state index >= 15 is 0 Å². The summed E-state index contributed by atoms with van der Waals surface area (Å²) < 4.78 is 0. The van der Waals surface area contributed by atoms with Gasteiger partial charge in [0, 0.05) is 6.04 Å². The van der Waals surface area contributed by atoms with Gasteiger partial charge in [-0.15, -0.1) is 0 Å². The van der Waals surface area contributed by atoms with Crippen molar-refractivity contribution in [3.05, 3.63) is 0 Å². The van der Waals surface area contributed by atoms with E-state index in [0.29, 0.717) is 5.41 Å². The van der Waals surface area contributed by atoms with Gasteiger partial charge < -0.3 is 4.90 Å². The summed E-state index contributed by atoms with van der Waals surface area (Å²) in [5.41, 5.74) is 0.709. The average Bonchev–Trinajstić information content (AvgIpc) is 2.47. The summed E-state index contributed by atoms with van der Waals surface area (Å²) in [5, 5.41) is 0. The van der Waals surface area contributed by atoms with Crippen LogP contribution in [0.1, 0.15) is 52.4 Å². The van der Waals surface area contributed by atoms with E-state index in [1.807, 2.05) is 0 Å². The van der Waals surface area contributed by atoms with E-state index < -0.39 is 0 Å². The van der Waals surface area contributed by atoms with Crippen LogP contribution in [-0.2, 0) is 0 Å². The van der Waals surface area contributed by atoms with Crippen LogP contribution in [0.2, 0.25) is 0 Å². The number of rotatable bonds is 2. The number of fused-ring (bicyclic) bond motifs is 1. The van der Waals surface area contributed by atoms with Crippen LogP contribution in [0.5, 0.6) is 0 Å². The van der Waals surface area contributed by atoms with Gasteiger partial charge in [0.1, 0.15) is 0 Å². The fraction of sp³-hybridized carbons (Fsp3) is 1.00. The molecule has 1 aliphatic carbocycles. The van der Waals surface area contributed by atoms with Crippen molar-refractivity contribution < 1.29 is 0 Å². The largest absolute Gasteiger partial charge is 0.303 e. The van der Waals surface area contributed by atoms with E-state index in [1.54, 1.807) is 0 Å². The maximum atomic E-state index is 2.64. The van der Waals surface area contributed by atoms with E-state index in [1.165, 1.54) is 45.1 Å². The van der Waals surface area contributed by atoms with Crippen LogP contribution < -0.4 is 0 Å². The fourth-order valence-corrected chi connectivity index (χ4v) is 4.09. The molecule has 0 aromatic carbocycles. The molecule has 1 saturated heterocycles. The first-order valence-electron chi connectivity index (χ1n) is 6.34. The van der Waals surface area contributed by atoms with Gasteiger partial charge in [-0.1, -0.05) is 20.3 Å². The molecule has 0 aromatic heterocycles. The van der Waals surface area contributed by atoms with Crippen molar-refractivity contribution in [3.63, 3.8) is 0 Å². The zero-order chi connectivity index (χ0) is 10.2. The molecule has 1 heterocycles. The van der Waals surface area contributed by atoms with Gasteiger partial charge in [-0.25, -0.2) is 0 Å². The third-order valence-corrected chi connectivity index (χ3v) is 4.39. The first-order valence-corrected chi connectivity index (χ1v) is 6.34. The second kappa shape index (κ2) is 3.84.